The van der Waals surface area contributed by atoms with Crippen LogP contribution >= 0.6 is 22.9 Å². The lowest BCUT2D eigenvalue weighted by atomic mass is 10.2. The van der Waals surface area contributed by atoms with E-state index in [4.69, 9.17) is 4.74 Å². The largest absolute Gasteiger partial charge is 0.486 e. The molecule has 4 aromatic rings. The summed E-state index contributed by atoms with van der Waals surface area (Å²) in [6.45, 7) is 0.286. The first-order valence-electron chi connectivity index (χ1n) is 7.62. The van der Waals surface area contributed by atoms with Gasteiger partial charge in [-0.15, -0.1) is 15.3 Å². The smallest absolute Gasteiger partial charge is 0.210 e. The van der Waals surface area contributed by atoms with Gasteiger partial charge in [0.15, 0.2) is 5.01 Å². The lowest BCUT2D eigenvalue weighted by molar-refractivity contribution is 0.304. The topological polar surface area (TPSA) is 72.8 Å². The summed E-state index contributed by atoms with van der Waals surface area (Å²) in [5, 5.41) is 18.1. The van der Waals surface area contributed by atoms with E-state index >= 15 is 0 Å². The molecule has 0 radical (unpaired) electrons. The Balaban J connectivity index is 1.36. The third kappa shape index (κ3) is 3.84. The fourth-order valence-electron chi connectivity index (χ4n) is 2.20. The Bertz CT molecular complexity index is 989. The van der Waals surface area contributed by atoms with Crippen molar-refractivity contribution in [3.63, 3.8) is 0 Å². The molecule has 130 valence electrons. The van der Waals surface area contributed by atoms with Crippen molar-refractivity contribution in [2.45, 2.75) is 6.61 Å². The van der Waals surface area contributed by atoms with Gasteiger partial charge in [-0.05, 0) is 47.9 Å². The van der Waals surface area contributed by atoms with E-state index in [1.165, 1.54) is 28.9 Å². The summed E-state index contributed by atoms with van der Waals surface area (Å²) in [6.07, 6.45) is 0. The Morgan fingerprint density at radius 1 is 1.00 bits per heavy atom. The predicted molar refractivity (Wildman–Crippen MR) is 99.3 cm³/mol. The average molecular weight is 385 g/mol. The molecule has 0 saturated carbocycles. The molecule has 0 spiro atoms. The second-order valence-electron chi connectivity index (χ2n) is 5.21. The maximum Gasteiger partial charge on any atom is 0.210 e. The zero-order valence-electron chi connectivity index (χ0n) is 13.3. The Morgan fingerprint density at radius 2 is 1.85 bits per heavy atom. The minimum atomic E-state index is -0.337. The number of benzene rings is 2. The Hall–Kier alpha value is -2.91. The van der Waals surface area contributed by atoms with Crippen LogP contribution in [0, 0.1) is 5.82 Å². The van der Waals surface area contributed by atoms with E-state index in [9.17, 15) is 4.39 Å². The van der Waals surface area contributed by atoms with E-state index in [0.717, 1.165) is 17.0 Å². The molecule has 0 aliphatic heterocycles. The van der Waals surface area contributed by atoms with Crippen LogP contribution in [-0.2, 0) is 6.61 Å². The van der Waals surface area contributed by atoms with Gasteiger partial charge >= 0.3 is 0 Å². The van der Waals surface area contributed by atoms with Gasteiger partial charge in [-0.25, -0.2) is 4.39 Å². The molecule has 0 aliphatic rings. The molecule has 0 bridgehead atoms. The molecule has 4 rings (SSSR count). The Kier molecular flexibility index (Phi) is 4.80. The van der Waals surface area contributed by atoms with E-state index < -0.39 is 0 Å². The van der Waals surface area contributed by atoms with Gasteiger partial charge in [0, 0.05) is 10.9 Å². The van der Waals surface area contributed by atoms with E-state index in [0.29, 0.717) is 15.8 Å². The lowest BCUT2D eigenvalue weighted by Gasteiger charge is -2.04. The van der Waals surface area contributed by atoms with Gasteiger partial charge in [0.25, 0.3) is 0 Å². The van der Waals surface area contributed by atoms with E-state index in [2.05, 4.69) is 25.1 Å². The number of aromatic nitrogens is 4. The summed E-state index contributed by atoms with van der Waals surface area (Å²) in [6, 6.07) is 14.0. The number of halogens is 1. The summed E-state index contributed by atoms with van der Waals surface area (Å²) in [4.78, 5) is 0. The lowest BCUT2D eigenvalue weighted by Crippen LogP contribution is -1.94. The molecular weight excluding hydrogens is 373 g/mol. The van der Waals surface area contributed by atoms with Crippen molar-refractivity contribution in [2.24, 2.45) is 0 Å². The number of nitrogens with one attached hydrogen (secondary N) is 1. The van der Waals surface area contributed by atoms with Crippen LogP contribution in [0.2, 0.25) is 0 Å². The third-order valence-electron chi connectivity index (χ3n) is 3.45. The van der Waals surface area contributed by atoms with E-state index in [1.807, 2.05) is 29.6 Å². The second-order valence-corrected chi connectivity index (χ2v) is 6.88. The standard InChI is InChI=1S/C17H12FN5OS2/c18-13-3-1-2-4-14(13)19-17-22-21-16(26-17)9-24-12-7-5-11(6-8-12)15-10-25-23-20-15/h1-8,10H,9H2,(H,19,22). The molecule has 2 aromatic heterocycles. The SMILES string of the molecule is Fc1ccccc1Nc1nnc(COc2ccc(-c3csnn3)cc2)s1. The Labute approximate surface area is 156 Å². The van der Waals surface area contributed by atoms with Crippen LogP contribution in [0.3, 0.4) is 0 Å². The van der Waals surface area contributed by atoms with Crippen molar-refractivity contribution in [1.82, 2.24) is 19.8 Å². The zero-order valence-corrected chi connectivity index (χ0v) is 14.9. The summed E-state index contributed by atoms with van der Waals surface area (Å²) in [5.74, 6) is 0.381. The first-order chi connectivity index (χ1) is 12.8. The first-order valence-corrected chi connectivity index (χ1v) is 9.27. The van der Waals surface area contributed by atoms with Gasteiger partial charge in [0.05, 0.1) is 5.69 Å². The van der Waals surface area contributed by atoms with Crippen molar-refractivity contribution in [1.29, 1.82) is 0 Å². The van der Waals surface area contributed by atoms with Crippen molar-refractivity contribution in [3.8, 4) is 17.0 Å². The summed E-state index contributed by atoms with van der Waals surface area (Å²) >= 11 is 2.63. The summed E-state index contributed by atoms with van der Waals surface area (Å²) in [5.41, 5.74) is 2.19. The van der Waals surface area contributed by atoms with E-state index in [1.54, 1.807) is 18.2 Å². The molecule has 0 amide bonds. The monoisotopic (exact) mass is 385 g/mol. The number of hydrogen-bond donors (Lipinski definition) is 1. The molecular formula is C17H12FN5OS2. The van der Waals surface area contributed by atoms with E-state index in [-0.39, 0.29) is 12.4 Å². The maximum atomic E-state index is 13.6. The molecule has 1 N–H and O–H groups in total. The van der Waals surface area contributed by atoms with Gasteiger partial charge in [-0.1, -0.05) is 28.0 Å². The van der Waals surface area contributed by atoms with Crippen molar-refractivity contribution < 1.29 is 9.13 Å². The van der Waals surface area contributed by atoms with Crippen LogP contribution in [0.4, 0.5) is 15.2 Å². The van der Waals surface area contributed by atoms with Crippen LogP contribution < -0.4 is 10.1 Å². The quantitative estimate of drug-likeness (QED) is 0.526. The highest BCUT2D eigenvalue weighted by Crippen LogP contribution is 2.25. The molecule has 0 fully saturated rings. The highest BCUT2D eigenvalue weighted by atomic mass is 32.1. The van der Waals surface area contributed by atoms with Crippen molar-refractivity contribution in [2.75, 3.05) is 5.32 Å². The third-order valence-corrected chi connectivity index (χ3v) is 4.77. The molecule has 6 nitrogen and oxygen atoms in total. The molecule has 2 heterocycles. The zero-order chi connectivity index (χ0) is 17.8. The normalized spacial score (nSPS) is 10.7. The van der Waals surface area contributed by atoms with Crippen LogP contribution in [0.1, 0.15) is 5.01 Å². The van der Waals surface area contributed by atoms with Gasteiger partial charge in [0.1, 0.15) is 23.9 Å². The molecule has 0 saturated heterocycles. The summed E-state index contributed by atoms with van der Waals surface area (Å²) < 4.78 is 23.2. The van der Waals surface area contributed by atoms with Gasteiger partial charge in [-0.2, -0.15) is 0 Å². The fourth-order valence-corrected chi connectivity index (χ4v) is 3.33. The number of anilines is 2. The second kappa shape index (κ2) is 7.54. The number of hydrogen-bond acceptors (Lipinski definition) is 8. The number of rotatable bonds is 6. The highest BCUT2D eigenvalue weighted by molar-refractivity contribution is 7.15. The number of para-hydroxylation sites is 1. The fraction of sp³-hybridized carbons (Fsp3) is 0.0588. The predicted octanol–water partition coefficient (Wildman–Crippen LogP) is 4.52. The minimum absolute atomic E-state index is 0.286. The van der Waals surface area contributed by atoms with Crippen LogP contribution in [0.25, 0.3) is 11.3 Å². The van der Waals surface area contributed by atoms with Gasteiger partial charge in [0.2, 0.25) is 5.13 Å². The van der Waals surface area contributed by atoms with Crippen LogP contribution in [0.5, 0.6) is 5.75 Å². The molecule has 9 heteroatoms. The van der Waals surface area contributed by atoms with Crippen molar-refractivity contribution >= 4 is 33.7 Å². The molecule has 0 atom stereocenters. The van der Waals surface area contributed by atoms with Crippen LogP contribution in [-0.4, -0.2) is 19.8 Å². The minimum Gasteiger partial charge on any atom is -0.486 e. The van der Waals surface area contributed by atoms with Crippen LogP contribution in [0.15, 0.2) is 53.9 Å². The van der Waals surface area contributed by atoms with Crippen molar-refractivity contribution in [3.05, 3.63) is 64.7 Å². The highest BCUT2D eigenvalue weighted by Gasteiger charge is 2.08. The molecule has 26 heavy (non-hydrogen) atoms. The number of nitrogens with zero attached hydrogens (tertiary/aromatic N) is 4. The average Bonchev–Trinajstić information content (AvgIpc) is 3.35. The maximum absolute atomic E-state index is 13.6. The Morgan fingerprint density at radius 3 is 2.62 bits per heavy atom. The first kappa shape index (κ1) is 16.6. The van der Waals surface area contributed by atoms with Gasteiger partial charge < -0.3 is 10.1 Å². The molecule has 0 aliphatic carbocycles. The summed E-state index contributed by atoms with van der Waals surface area (Å²) in [7, 11) is 0. The van der Waals surface area contributed by atoms with Gasteiger partial charge in [-0.3, -0.25) is 0 Å². The molecule has 2 aromatic carbocycles. The number of ether oxygens (including phenoxy) is 1. The molecule has 0 unspecified atom stereocenters.